The summed E-state index contributed by atoms with van der Waals surface area (Å²) in [5, 5.41) is 7.25. The van der Waals surface area contributed by atoms with Crippen LogP contribution in [0.4, 0.5) is 0 Å². The van der Waals surface area contributed by atoms with Gasteiger partial charge >= 0.3 is 0 Å². The van der Waals surface area contributed by atoms with E-state index in [-0.39, 0.29) is 18.4 Å². The Labute approximate surface area is 131 Å². The summed E-state index contributed by atoms with van der Waals surface area (Å²) < 4.78 is 26.4. The van der Waals surface area contributed by atoms with Gasteiger partial charge in [0.05, 0.1) is 17.9 Å². The molecule has 0 aliphatic carbocycles. The number of amides is 1. The number of sulfonamides is 1. The molecule has 0 aromatic carbocycles. The third-order valence-corrected chi connectivity index (χ3v) is 5.32. The summed E-state index contributed by atoms with van der Waals surface area (Å²) in [7, 11) is -3.23. The molecule has 1 saturated heterocycles. The number of hydrogen-bond donors (Lipinski definition) is 1. The lowest BCUT2D eigenvalue weighted by Gasteiger charge is -2.30. The molecule has 1 aromatic rings. The second kappa shape index (κ2) is 6.78. The molecule has 1 unspecified atom stereocenters. The molecule has 1 atom stereocenters. The Kier molecular flexibility index (Phi) is 5.23. The van der Waals surface area contributed by atoms with E-state index in [1.807, 2.05) is 24.7 Å². The quantitative estimate of drug-likeness (QED) is 0.853. The lowest BCUT2D eigenvalue weighted by Crippen LogP contribution is -2.44. The molecule has 0 saturated carbocycles. The van der Waals surface area contributed by atoms with Crippen molar-refractivity contribution >= 4 is 15.9 Å². The van der Waals surface area contributed by atoms with Gasteiger partial charge in [0.1, 0.15) is 0 Å². The van der Waals surface area contributed by atoms with Crippen molar-refractivity contribution in [3.63, 3.8) is 0 Å². The molecule has 0 radical (unpaired) electrons. The maximum absolute atomic E-state index is 12.3. The Hall–Kier alpha value is -1.41. The molecule has 8 heteroatoms. The van der Waals surface area contributed by atoms with E-state index in [1.165, 1.54) is 10.6 Å². The summed E-state index contributed by atoms with van der Waals surface area (Å²) >= 11 is 0. The fourth-order valence-electron chi connectivity index (χ4n) is 2.68. The van der Waals surface area contributed by atoms with Crippen LogP contribution in [0.3, 0.4) is 0 Å². The van der Waals surface area contributed by atoms with Crippen LogP contribution in [0.2, 0.25) is 0 Å². The van der Waals surface area contributed by atoms with E-state index in [1.54, 1.807) is 0 Å². The van der Waals surface area contributed by atoms with Crippen LogP contribution in [0.5, 0.6) is 0 Å². The van der Waals surface area contributed by atoms with E-state index in [4.69, 9.17) is 0 Å². The predicted molar refractivity (Wildman–Crippen MR) is 83.6 cm³/mol. The van der Waals surface area contributed by atoms with Crippen molar-refractivity contribution in [2.45, 2.75) is 39.8 Å². The van der Waals surface area contributed by atoms with Crippen LogP contribution in [-0.4, -0.2) is 47.8 Å². The number of hydrogen-bond acceptors (Lipinski definition) is 4. The van der Waals surface area contributed by atoms with Gasteiger partial charge in [-0.3, -0.25) is 9.48 Å². The van der Waals surface area contributed by atoms with Crippen LogP contribution in [0.25, 0.3) is 0 Å². The molecule has 1 aromatic heterocycles. The molecule has 2 rings (SSSR count). The fourth-order valence-corrected chi connectivity index (χ4v) is 3.59. The second-order valence-corrected chi connectivity index (χ2v) is 7.76. The van der Waals surface area contributed by atoms with Gasteiger partial charge in [-0.05, 0) is 26.7 Å². The van der Waals surface area contributed by atoms with Crippen molar-refractivity contribution in [2.75, 3.05) is 19.3 Å². The van der Waals surface area contributed by atoms with Crippen molar-refractivity contribution in [1.29, 1.82) is 0 Å². The molecule has 2 heterocycles. The molecule has 1 fully saturated rings. The number of nitrogens with zero attached hydrogens (tertiary/aromatic N) is 3. The number of piperidine rings is 1. The SMILES string of the molecule is CCn1cc(CNC(=O)C2CCCN(S(C)(=O)=O)C2)c(C)n1. The molecule has 1 aliphatic heterocycles. The molecule has 7 nitrogen and oxygen atoms in total. The number of rotatable bonds is 5. The molecule has 22 heavy (non-hydrogen) atoms. The topological polar surface area (TPSA) is 84.3 Å². The first-order chi connectivity index (χ1) is 10.3. The number of aromatic nitrogens is 2. The molecule has 124 valence electrons. The summed E-state index contributed by atoms with van der Waals surface area (Å²) in [5.74, 6) is -0.359. The molecular formula is C14H24N4O3S. The van der Waals surface area contributed by atoms with Crippen LogP contribution in [0.1, 0.15) is 31.0 Å². The predicted octanol–water partition coefficient (Wildman–Crippen LogP) is 0.499. The van der Waals surface area contributed by atoms with Crippen LogP contribution < -0.4 is 5.32 Å². The maximum atomic E-state index is 12.3. The smallest absolute Gasteiger partial charge is 0.224 e. The van der Waals surface area contributed by atoms with Crippen LogP contribution in [-0.2, 0) is 27.9 Å². The van der Waals surface area contributed by atoms with E-state index in [0.717, 1.165) is 30.6 Å². The van der Waals surface area contributed by atoms with Gasteiger partial charge in [0.15, 0.2) is 0 Å². The van der Waals surface area contributed by atoms with E-state index >= 15 is 0 Å². The lowest BCUT2D eigenvalue weighted by molar-refractivity contribution is -0.126. The summed E-state index contributed by atoms with van der Waals surface area (Å²) in [6.07, 6.45) is 4.57. The molecule has 1 aliphatic rings. The van der Waals surface area contributed by atoms with Crippen LogP contribution in [0.15, 0.2) is 6.20 Å². The van der Waals surface area contributed by atoms with E-state index in [0.29, 0.717) is 13.1 Å². The van der Waals surface area contributed by atoms with E-state index in [2.05, 4.69) is 10.4 Å². The van der Waals surface area contributed by atoms with Crippen LogP contribution >= 0.6 is 0 Å². The minimum absolute atomic E-state index is 0.0861. The van der Waals surface area contributed by atoms with Crippen molar-refractivity contribution in [2.24, 2.45) is 5.92 Å². The van der Waals surface area contributed by atoms with Crippen LogP contribution in [0, 0.1) is 12.8 Å². The highest BCUT2D eigenvalue weighted by Crippen LogP contribution is 2.19. The average Bonchev–Trinajstić information content (AvgIpc) is 2.84. The normalized spacial score (nSPS) is 20.0. The third kappa shape index (κ3) is 4.07. The van der Waals surface area contributed by atoms with Gasteiger partial charge in [-0.2, -0.15) is 5.10 Å². The highest BCUT2D eigenvalue weighted by Gasteiger charge is 2.30. The Balaban J connectivity index is 1.93. The first kappa shape index (κ1) is 17.0. The highest BCUT2D eigenvalue weighted by atomic mass is 32.2. The van der Waals surface area contributed by atoms with Gasteiger partial charge in [-0.1, -0.05) is 0 Å². The molecule has 0 bridgehead atoms. The van der Waals surface area contributed by atoms with Crippen molar-refractivity contribution < 1.29 is 13.2 Å². The summed E-state index contributed by atoms with van der Waals surface area (Å²) in [6, 6.07) is 0. The lowest BCUT2D eigenvalue weighted by atomic mass is 9.99. The summed E-state index contributed by atoms with van der Waals surface area (Å²) in [5.41, 5.74) is 1.90. The fraction of sp³-hybridized carbons (Fsp3) is 0.714. The van der Waals surface area contributed by atoms with Crippen molar-refractivity contribution in [3.05, 3.63) is 17.5 Å². The highest BCUT2D eigenvalue weighted by molar-refractivity contribution is 7.88. The van der Waals surface area contributed by atoms with Gasteiger partial charge in [0.25, 0.3) is 0 Å². The average molecular weight is 328 g/mol. The Morgan fingerprint density at radius 2 is 2.23 bits per heavy atom. The van der Waals surface area contributed by atoms with Gasteiger partial charge in [0, 0.05) is 37.9 Å². The molecule has 1 amide bonds. The number of carbonyl (C=O) groups excluding carboxylic acids is 1. The minimum Gasteiger partial charge on any atom is -0.352 e. The Morgan fingerprint density at radius 3 is 2.82 bits per heavy atom. The van der Waals surface area contributed by atoms with Crippen molar-refractivity contribution in [3.8, 4) is 0 Å². The monoisotopic (exact) mass is 328 g/mol. The number of carbonyl (C=O) groups is 1. The van der Waals surface area contributed by atoms with E-state index in [9.17, 15) is 13.2 Å². The molecule has 1 N–H and O–H groups in total. The minimum atomic E-state index is -3.23. The first-order valence-corrected chi connectivity index (χ1v) is 9.42. The zero-order chi connectivity index (χ0) is 16.3. The third-order valence-electron chi connectivity index (χ3n) is 4.05. The maximum Gasteiger partial charge on any atom is 0.224 e. The van der Waals surface area contributed by atoms with Crippen molar-refractivity contribution in [1.82, 2.24) is 19.4 Å². The zero-order valence-corrected chi connectivity index (χ0v) is 14.2. The zero-order valence-electron chi connectivity index (χ0n) is 13.4. The van der Waals surface area contributed by atoms with Gasteiger partial charge < -0.3 is 5.32 Å². The summed E-state index contributed by atoms with van der Waals surface area (Å²) in [6.45, 7) is 5.93. The Bertz CT molecular complexity index is 639. The first-order valence-electron chi connectivity index (χ1n) is 7.57. The Morgan fingerprint density at radius 1 is 1.50 bits per heavy atom. The molecule has 0 spiro atoms. The number of nitrogens with one attached hydrogen (secondary N) is 1. The molecular weight excluding hydrogens is 304 g/mol. The number of aryl methyl sites for hydroxylation is 2. The van der Waals surface area contributed by atoms with Gasteiger partial charge in [-0.15, -0.1) is 0 Å². The van der Waals surface area contributed by atoms with Gasteiger partial charge in [0.2, 0.25) is 15.9 Å². The summed E-state index contributed by atoms with van der Waals surface area (Å²) in [4.78, 5) is 12.3. The second-order valence-electron chi connectivity index (χ2n) is 5.77. The van der Waals surface area contributed by atoms with Gasteiger partial charge in [-0.25, -0.2) is 12.7 Å². The largest absolute Gasteiger partial charge is 0.352 e. The standard InChI is InChI=1S/C14H24N4O3S/c1-4-17-9-13(11(2)16-17)8-15-14(19)12-6-5-7-18(10-12)22(3,20)21/h9,12H,4-8,10H2,1-3H3,(H,15,19). The van der Waals surface area contributed by atoms with E-state index < -0.39 is 10.0 Å².